The lowest BCUT2D eigenvalue weighted by Gasteiger charge is -2.28. The maximum Gasteiger partial charge on any atom is 0.238 e. The molecule has 0 aliphatic heterocycles. The van der Waals surface area contributed by atoms with Crippen molar-refractivity contribution >= 4 is 40.0 Å². The van der Waals surface area contributed by atoms with Gasteiger partial charge >= 0.3 is 0 Å². The lowest BCUT2D eigenvalue weighted by molar-refractivity contribution is 0.329. The van der Waals surface area contributed by atoms with Crippen LogP contribution in [0.25, 0.3) is 0 Å². The van der Waals surface area contributed by atoms with Crippen LogP contribution in [0.15, 0.2) is 34.2 Å². The fourth-order valence-electron chi connectivity index (χ4n) is 2.96. The van der Waals surface area contributed by atoms with Crippen molar-refractivity contribution in [3.05, 3.63) is 29.8 Å². The van der Waals surface area contributed by atoms with Crippen molar-refractivity contribution in [3.63, 3.8) is 0 Å². The summed E-state index contributed by atoms with van der Waals surface area (Å²) in [6.45, 7) is 3.04. The van der Waals surface area contributed by atoms with E-state index >= 15 is 0 Å². The van der Waals surface area contributed by atoms with E-state index < -0.39 is 10.0 Å². The van der Waals surface area contributed by atoms with Crippen molar-refractivity contribution in [2.24, 2.45) is 16.0 Å². The van der Waals surface area contributed by atoms with Crippen molar-refractivity contribution in [2.75, 3.05) is 13.6 Å². The van der Waals surface area contributed by atoms with Crippen LogP contribution in [0.4, 0.5) is 0 Å². The van der Waals surface area contributed by atoms with E-state index in [0.29, 0.717) is 6.04 Å². The molecule has 0 heterocycles. The van der Waals surface area contributed by atoms with Gasteiger partial charge < -0.3 is 10.6 Å². The molecular weight excluding hydrogens is 451 g/mol. The molecular formula is C17H29IN4O2S. The Kier molecular flexibility index (Phi) is 9.15. The lowest BCUT2D eigenvalue weighted by Crippen LogP contribution is -2.45. The summed E-state index contributed by atoms with van der Waals surface area (Å²) in [5, 5.41) is 11.9. The number of sulfonamides is 1. The minimum Gasteiger partial charge on any atom is -0.356 e. The molecule has 0 aromatic heterocycles. The average molecular weight is 480 g/mol. The lowest BCUT2D eigenvalue weighted by atomic mass is 9.87. The Morgan fingerprint density at radius 2 is 1.80 bits per heavy atom. The number of nitrogens with zero attached hydrogens (tertiary/aromatic N) is 1. The van der Waals surface area contributed by atoms with Crippen LogP contribution in [0.2, 0.25) is 0 Å². The summed E-state index contributed by atoms with van der Waals surface area (Å²) in [6, 6.07) is 7.17. The van der Waals surface area contributed by atoms with Crippen LogP contribution < -0.4 is 15.8 Å². The molecule has 4 N–H and O–H groups in total. The van der Waals surface area contributed by atoms with E-state index in [4.69, 9.17) is 5.14 Å². The van der Waals surface area contributed by atoms with Gasteiger partial charge in [0.2, 0.25) is 10.0 Å². The molecule has 0 bridgehead atoms. The molecule has 0 radical (unpaired) electrons. The van der Waals surface area contributed by atoms with Gasteiger partial charge in [-0.25, -0.2) is 13.6 Å². The zero-order valence-corrected chi connectivity index (χ0v) is 18.0. The van der Waals surface area contributed by atoms with E-state index in [1.165, 1.54) is 25.7 Å². The maximum absolute atomic E-state index is 11.2. The zero-order chi connectivity index (χ0) is 17.6. The Bertz CT molecular complexity index is 654. The normalized spacial score (nSPS) is 21.3. The molecule has 0 saturated heterocycles. The van der Waals surface area contributed by atoms with E-state index in [1.54, 1.807) is 31.3 Å². The molecule has 1 saturated carbocycles. The van der Waals surface area contributed by atoms with Gasteiger partial charge in [-0.2, -0.15) is 0 Å². The number of aliphatic imine (C=N–C) groups is 1. The molecule has 1 aromatic carbocycles. The van der Waals surface area contributed by atoms with Crippen LogP contribution in [0.1, 0.15) is 38.2 Å². The van der Waals surface area contributed by atoms with Gasteiger partial charge in [0.25, 0.3) is 0 Å². The van der Waals surface area contributed by atoms with Crippen molar-refractivity contribution in [1.29, 1.82) is 0 Å². The van der Waals surface area contributed by atoms with Crippen molar-refractivity contribution in [2.45, 2.75) is 50.0 Å². The highest BCUT2D eigenvalue weighted by molar-refractivity contribution is 14.0. The summed E-state index contributed by atoms with van der Waals surface area (Å²) >= 11 is 0. The van der Waals surface area contributed by atoms with E-state index in [2.05, 4.69) is 22.5 Å². The van der Waals surface area contributed by atoms with Gasteiger partial charge in [0, 0.05) is 19.6 Å². The Morgan fingerprint density at radius 3 is 2.32 bits per heavy atom. The molecule has 1 fully saturated rings. The molecule has 8 heteroatoms. The summed E-state index contributed by atoms with van der Waals surface area (Å²) < 4.78 is 22.5. The summed E-state index contributed by atoms with van der Waals surface area (Å²) in [7, 11) is -1.84. The number of nitrogens with two attached hydrogens (primary N) is 1. The third-order valence-corrected chi connectivity index (χ3v) is 5.47. The monoisotopic (exact) mass is 480 g/mol. The number of hydrogen-bond acceptors (Lipinski definition) is 3. The SMILES string of the molecule is CN=C(NCCc1ccc(S(N)(=O)=O)cc1)NC1CCC(C)CC1.I. The first kappa shape index (κ1) is 22.2. The average Bonchev–Trinajstić information content (AvgIpc) is 2.55. The second-order valence-corrected chi connectivity index (χ2v) is 8.10. The molecule has 1 aliphatic carbocycles. The van der Waals surface area contributed by atoms with E-state index in [-0.39, 0.29) is 28.9 Å². The molecule has 1 aliphatic rings. The van der Waals surface area contributed by atoms with Crippen LogP contribution in [-0.2, 0) is 16.4 Å². The first-order valence-electron chi connectivity index (χ1n) is 8.47. The summed E-state index contributed by atoms with van der Waals surface area (Å²) in [6.07, 6.45) is 5.71. The van der Waals surface area contributed by atoms with Crippen LogP contribution in [0.5, 0.6) is 0 Å². The van der Waals surface area contributed by atoms with Gasteiger partial charge in [-0.15, -0.1) is 24.0 Å². The van der Waals surface area contributed by atoms with Crippen LogP contribution in [0, 0.1) is 5.92 Å². The second kappa shape index (κ2) is 10.3. The predicted octanol–water partition coefficient (Wildman–Crippen LogP) is 2.24. The standard InChI is InChI=1S/C17H28N4O2S.HI/c1-13-3-7-15(8-4-13)21-17(19-2)20-12-11-14-5-9-16(10-6-14)24(18,22)23;/h5-6,9-10,13,15H,3-4,7-8,11-12H2,1-2H3,(H2,18,22,23)(H2,19,20,21);1H. The Balaban J connectivity index is 0.00000312. The number of benzene rings is 1. The predicted molar refractivity (Wildman–Crippen MR) is 113 cm³/mol. The number of primary sulfonamides is 1. The molecule has 142 valence electrons. The molecule has 2 rings (SSSR count). The topological polar surface area (TPSA) is 96.6 Å². The van der Waals surface area contributed by atoms with Crippen molar-refractivity contribution < 1.29 is 8.42 Å². The largest absolute Gasteiger partial charge is 0.356 e. The molecule has 1 aromatic rings. The van der Waals surface area contributed by atoms with Crippen LogP contribution >= 0.6 is 24.0 Å². The van der Waals surface area contributed by atoms with E-state index in [1.807, 2.05) is 0 Å². The van der Waals surface area contributed by atoms with Gasteiger partial charge in [0.15, 0.2) is 5.96 Å². The third-order valence-electron chi connectivity index (χ3n) is 4.54. The molecule has 6 nitrogen and oxygen atoms in total. The number of nitrogens with one attached hydrogen (secondary N) is 2. The quantitative estimate of drug-likeness (QED) is 0.342. The van der Waals surface area contributed by atoms with Crippen LogP contribution in [0.3, 0.4) is 0 Å². The molecule has 0 atom stereocenters. The minimum atomic E-state index is -3.62. The molecule has 0 amide bonds. The third kappa shape index (κ3) is 7.49. The Hall–Kier alpha value is -0.870. The molecule has 0 spiro atoms. The van der Waals surface area contributed by atoms with Crippen molar-refractivity contribution in [3.8, 4) is 0 Å². The first-order valence-corrected chi connectivity index (χ1v) is 10.0. The maximum atomic E-state index is 11.2. The number of guanidine groups is 1. The zero-order valence-electron chi connectivity index (χ0n) is 14.9. The highest BCUT2D eigenvalue weighted by atomic mass is 127. The fourth-order valence-corrected chi connectivity index (χ4v) is 3.48. The van der Waals surface area contributed by atoms with Gasteiger partial charge in [-0.05, 0) is 55.7 Å². The van der Waals surface area contributed by atoms with Gasteiger partial charge in [-0.3, -0.25) is 4.99 Å². The molecule has 0 unspecified atom stereocenters. The summed E-state index contributed by atoms with van der Waals surface area (Å²) in [4.78, 5) is 4.42. The fraction of sp³-hybridized carbons (Fsp3) is 0.588. The number of hydrogen-bond donors (Lipinski definition) is 3. The number of halogens is 1. The minimum absolute atomic E-state index is 0. The van der Waals surface area contributed by atoms with Gasteiger partial charge in [0.05, 0.1) is 4.90 Å². The molecule has 25 heavy (non-hydrogen) atoms. The first-order chi connectivity index (χ1) is 11.4. The highest BCUT2D eigenvalue weighted by Crippen LogP contribution is 2.23. The highest BCUT2D eigenvalue weighted by Gasteiger charge is 2.18. The van der Waals surface area contributed by atoms with Crippen LogP contribution in [-0.4, -0.2) is 34.0 Å². The van der Waals surface area contributed by atoms with E-state index in [9.17, 15) is 8.42 Å². The smallest absolute Gasteiger partial charge is 0.238 e. The second-order valence-electron chi connectivity index (χ2n) is 6.54. The Morgan fingerprint density at radius 1 is 1.20 bits per heavy atom. The van der Waals surface area contributed by atoms with E-state index in [0.717, 1.165) is 30.4 Å². The summed E-state index contributed by atoms with van der Waals surface area (Å²) in [5.74, 6) is 1.66. The van der Waals surface area contributed by atoms with Gasteiger partial charge in [0.1, 0.15) is 0 Å². The summed E-state index contributed by atoms with van der Waals surface area (Å²) in [5.41, 5.74) is 1.05. The Labute approximate surface area is 168 Å². The van der Waals surface area contributed by atoms with Crippen molar-refractivity contribution in [1.82, 2.24) is 10.6 Å². The number of rotatable bonds is 5. The van der Waals surface area contributed by atoms with Gasteiger partial charge in [-0.1, -0.05) is 19.1 Å².